The summed E-state index contributed by atoms with van der Waals surface area (Å²) in [6, 6.07) is 10.8. The molecule has 0 radical (unpaired) electrons. The average Bonchev–Trinajstić information content (AvgIpc) is 2.46. The van der Waals surface area contributed by atoms with Gasteiger partial charge >= 0.3 is 0 Å². The number of Topliss-reactive ketones (excluding diaryl/α,β-unsaturated/α-hetero) is 2. The first kappa shape index (κ1) is 14.2. The fourth-order valence-electron chi connectivity index (χ4n) is 2.30. The van der Waals surface area contributed by atoms with Crippen LogP contribution >= 0.6 is 0 Å². The molecule has 3 nitrogen and oxygen atoms in total. The van der Waals surface area contributed by atoms with E-state index in [0.29, 0.717) is 16.5 Å². The molecule has 3 heteroatoms. The molecule has 0 aliphatic carbocycles. The van der Waals surface area contributed by atoms with Gasteiger partial charge in [0.1, 0.15) is 6.10 Å². The Balaban J connectivity index is 2.73. The van der Waals surface area contributed by atoms with Crippen LogP contribution in [0.3, 0.4) is 0 Å². The van der Waals surface area contributed by atoms with E-state index in [-0.39, 0.29) is 11.6 Å². The average molecular weight is 268 g/mol. The van der Waals surface area contributed by atoms with Crippen molar-refractivity contribution in [2.24, 2.45) is 0 Å². The molecule has 0 N–H and O–H groups in total. The molecule has 0 aromatic heterocycles. The van der Waals surface area contributed by atoms with Gasteiger partial charge in [-0.05, 0) is 12.3 Å². The first-order valence-corrected chi connectivity index (χ1v) is 6.32. The highest BCUT2D eigenvalue weighted by Gasteiger charge is 2.20. The zero-order valence-electron chi connectivity index (χ0n) is 11.6. The number of hydrogen-bond acceptors (Lipinski definition) is 3. The van der Waals surface area contributed by atoms with Crippen LogP contribution in [0.15, 0.2) is 49.1 Å². The van der Waals surface area contributed by atoms with Gasteiger partial charge in [0.25, 0.3) is 0 Å². The van der Waals surface area contributed by atoms with E-state index < -0.39 is 6.10 Å². The Bertz CT molecular complexity index is 680. The van der Waals surface area contributed by atoms with Crippen molar-refractivity contribution < 1.29 is 14.3 Å². The van der Waals surface area contributed by atoms with Crippen LogP contribution in [-0.2, 0) is 4.74 Å². The molecular formula is C17H16O3. The molecular weight excluding hydrogens is 252 g/mol. The molecule has 0 spiro atoms. The van der Waals surface area contributed by atoms with E-state index in [2.05, 4.69) is 6.58 Å². The van der Waals surface area contributed by atoms with Gasteiger partial charge in [-0.1, -0.05) is 42.5 Å². The topological polar surface area (TPSA) is 43.4 Å². The van der Waals surface area contributed by atoms with Crippen molar-refractivity contribution in [3.63, 3.8) is 0 Å². The van der Waals surface area contributed by atoms with E-state index in [9.17, 15) is 9.59 Å². The van der Waals surface area contributed by atoms with Crippen molar-refractivity contribution in [2.75, 3.05) is 7.11 Å². The second-order valence-corrected chi connectivity index (χ2v) is 4.52. The number of carbonyl (C=O) groups excluding carboxylic acids is 2. The van der Waals surface area contributed by atoms with E-state index in [1.165, 1.54) is 20.1 Å². The third-order valence-electron chi connectivity index (χ3n) is 3.28. The van der Waals surface area contributed by atoms with Gasteiger partial charge in [0.05, 0.1) is 0 Å². The van der Waals surface area contributed by atoms with Crippen molar-refractivity contribution in [2.45, 2.75) is 13.0 Å². The van der Waals surface area contributed by atoms with Gasteiger partial charge in [-0.3, -0.25) is 9.59 Å². The summed E-state index contributed by atoms with van der Waals surface area (Å²) in [5.41, 5.74) is 1.03. The van der Waals surface area contributed by atoms with Crippen molar-refractivity contribution in [1.82, 2.24) is 0 Å². The summed E-state index contributed by atoms with van der Waals surface area (Å²) in [6.07, 6.45) is 0.748. The minimum atomic E-state index is -0.708. The highest BCUT2D eigenvalue weighted by Crippen LogP contribution is 2.25. The fraction of sp³-hybridized carbons (Fsp3) is 0.176. The van der Waals surface area contributed by atoms with E-state index in [1.807, 2.05) is 18.2 Å². The molecule has 0 amide bonds. The second-order valence-electron chi connectivity index (χ2n) is 4.52. The molecule has 0 fully saturated rings. The number of hydrogen-bond donors (Lipinski definition) is 0. The zero-order valence-corrected chi connectivity index (χ0v) is 11.6. The molecule has 1 unspecified atom stereocenters. The predicted molar refractivity (Wildman–Crippen MR) is 79.3 cm³/mol. The molecule has 0 bridgehead atoms. The summed E-state index contributed by atoms with van der Waals surface area (Å²) in [6.45, 7) is 5.10. The smallest absolute Gasteiger partial charge is 0.196 e. The van der Waals surface area contributed by atoms with Gasteiger partial charge in [-0.2, -0.15) is 0 Å². The van der Waals surface area contributed by atoms with E-state index >= 15 is 0 Å². The van der Waals surface area contributed by atoms with Crippen LogP contribution in [0.1, 0.15) is 27.6 Å². The monoisotopic (exact) mass is 268 g/mol. The molecule has 0 aliphatic rings. The molecule has 20 heavy (non-hydrogen) atoms. The summed E-state index contributed by atoms with van der Waals surface area (Å²) < 4.78 is 5.11. The molecule has 2 aromatic rings. The van der Waals surface area contributed by atoms with Crippen molar-refractivity contribution >= 4 is 22.3 Å². The van der Waals surface area contributed by atoms with Gasteiger partial charge < -0.3 is 4.74 Å². The van der Waals surface area contributed by atoms with Gasteiger partial charge in [0, 0.05) is 23.6 Å². The highest BCUT2D eigenvalue weighted by atomic mass is 16.5. The van der Waals surface area contributed by atoms with Crippen molar-refractivity contribution in [1.29, 1.82) is 0 Å². The van der Waals surface area contributed by atoms with Gasteiger partial charge in [-0.15, -0.1) is 6.58 Å². The normalized spacial score (nSPS) is 12.1. The Kier molecular flexibility index (Phi) is 4.11. The Hall–Kier alpha value is -2.26. The molecule has 0 saturated carbocycles. The van der Waals surface area contributed by atoms with E-state index in [0.717, 1.165) is 5.39 Å². The summed E-state index contributed by atoms with van der Waals surface area (Å²) in [5, 5.41) is 1.54. The lowest BCUT2D eigenvalue weighted by atomic mass is 9.93. The first-order valence-electron chi connectivity index (χ1n) is 6.32. The maximum atomic E-state index is 12.5. The standard InChI is InChI=1S/C17H16O3/c1-4-15(20-3)17(19)14-10-6-8-12-7-5-9-13(11(2)18)16(12)14/h4-10,15H,1H2,2-3H3. The zero-order chi connectivity index (χ0) is 14.7. The lowest BCUT2D eigenvalue weighted by Crippen LogP contribution is -2.21. The second kappa shape index (κ2) is 5.80. The summed E-state index contributed by atoms with van der Waals surface area (Å²) in [7, 11) is 1.46. The summed E-state index contributed by atoms with van der Waals surface area (Å²) in [4.78, 5) is 24.3. The van der Waals surface area contributed by atoms with Crippen molar-refractivity contribution in [3.05, 3.63) is 60.2 Å². The number of fused-ring (bicyclic) bond motifs is 1. The molecule has 0 saturated heterocycles. The summed E-state index contributed by atoms with van der Waals surface area (Å²) in [5.74, 6) is -0.259. The van der Waals surface area contributed by atoms with Crippen LogP contribution in [0.2, 0.25) is 0 Å². The lowest BCUT2D eigenvalue weighted by Gasteiger charge is -2.13. The maximum absolute atomic E-state index is 12.5. The van der Waals surface area contributed by atoms with Gasteiger partial charge in [-0.25, -0.2) is 0 Å². The Morgan fingerprint density at radius 2 is 1.75 bits per heavy atom. The van der Waals surface area contributed by atoms with Crippen LogP contribution in [0, 0.1) is 0 Å². The molecule has 0 aliphatic heterocycles. The number of methoxy groups -OCH3 is 1. The van der Waals surface area contributed by atoms with Crippen molar-refractivity contribution in [3.8, 4) is 0 Å². The highest BCUT2D eigenvalue weighted by molar-refractivity contribution is 6.17. The quantitative estimate of drug-likeness (QED) is 0.616. The minimum Gasteiger partial charge on any atom is -0.369 e. The number of rotatable bonds is 5. The number of ketones is 2. The van der Waals surface area contributed by atoms with Gasteiger partial charge in [0.2, 0.25) is 0 Å². The predicted octanol–water partition coefficient (Wildman–Crippen LogP) is 3.43. The Labute approximate surface area is 117 Å². The summed E-state index contributed by atoms with van der Waals surface area (Å²) >= 11 is 0. The third-order valence-corrected chi connectivity index (χ3v) is 3.28. The SMILES string of the molecule is C=CC(OC)C(=O)c1cccc2cccc(C(C)=O)c12. The van der Waals surface area contributed by atoms with Crippen LogP contribution in [0.4, 0.5) is 0 Å². The molecule has 1 atom stereocenters. The number of benzene rings is 2. The fourth-order valence-corrected chi connectivity index (χ4v) is 2.30. The maximum Gasteiger partial charge on any atom is 0.196 e. The Morgan fingerprint density at radius 1 is 1.15 bits per heavy atom. The number of carbonyl (C=O) groups is 2. The number of ether oxygens (including phenoxy) is 1. The third kappa shape index (κ3) is 2.40. The lowest BCUT2D eigenvalue weighted by molar-refractivity contribution is 0.0722. The first-order chi connectivity index (χ1) is 9.60. The van der Waals surface area contributed by atoms with Crippen LogP contribution in [0.5, 0.6) is 0 Å². The minimum absolute atomic E-state index is 0.0663. The molecule has 2 aromatic carbocycles. The van der Waals surface area contributed by atoms with Crippen LogP contribution in [0.25, 0.3) is 10.8 Å². The largest absolute Gasteiger partial charge is 0.369 e. The Morgan fingerprint density at radius 3 is 2.25 bits per heavy atom. The van der Waals surface area contributed by atoms with Crippen LogP contribution in [-0.4, -0.2) is 24.8 Å². The van der Waals surface area contributed by atoms with Crippen LogP contribution < -0.4 is 0 Å². The molecule has 2 rings (SSSR count). The van der Waals surface area contributed by atoms with E-state index in [4.69, 9.17) is 4.74 Å². The van der Waals surface area contributed by atoms with E-state index in [1.54, 1.807) is 18.2 Å². The molecule has 0 heterocycles. The molecule has 102 valence electrons. The van der Waals surface area contributed by atoms with Gasteiger partial charge in [0.15, 0.2) is 11.6 Å².